The van der Waals surface area contributed by atoms with Gasteiger partial charge in [-0.25, -0.2) is 14.6 Å². The Hall–Kier alpha value is -2.93. The number of carbonyl (C=O) groups excluding carboxylic acids is 3. The summed E-state index contributed by atoms with van der Waals surface area (Å²) in [6.07, 6.45) is 1.29. The van der Waals surface area contributed by atoms with Crippen LogP contribution in [-0.2, 0) is 28.8 Å². The molecular weight excluding hydrogens is 448 g/mol. The first-order valence-corrected chi connectivity index (χ1v) is 11.0. The fourth-order valence-electron chi connectivity index (χ4n) is 2.69. The van der Waals surface area contributed by atoms with Gasteiger partial charge < -0.3 is 24.9 Å². The van der Waals surface area contributed by atoms with Crippen LogP contribution in [-0.4, -0.2) is 73.8 Å². The number of thioether (sulfide) groups is 1. The van der Waals surface area contributed by atoms with E-state index in [1.807, 2.05) is 0 Å². The van der Waals surface area contributed by atoms with E-state index in [9.17, 15) is 19.2 Å². The second kappa shape index (κ2) is 9.06. The molecule has 166 valence electrons. The summed E-state index contributed by atoms with van der Waals surface area (Å²) in [5.74, 6) is -2.68. The second-order valence-electron chi connectivity index (χ2n) is 7.53. The fraction of sp³-hybridized carbons (Fsp3) is 0.444. The normalized spacial score (nSPS) is 20.9. The minimum absolute atomic E-state index is 0.111. The zero-order valence-electron chi connectivity index (χ0n) is 16.9. The molecule has 0 spiro atoms. The van der Waals surface area contributed by atoms with Crippen molar-refractivity contribution in [1.82, 2.24) is 15.2 Å². The lowest BCUT2D eigenvalue weighted by Gasteiger charge is -2.46. The molecule has 0 aromatic carbocycles. The van der Waals surface area contributed by atoms with Crippen LogP contribution in [0.5, 0.6) is 0 Å². The average Bonchev–Trinajstić information content (AvgIpc) is 3.21. The molecule has 13 heteroatoms. The molecule has 2 N–H and O–H groups in total. The summed E-state index contributed by atoms with van der Waals surface area (Å²) in [7, 11) is 0. The lowest BCUT2D eigenvalue weighted by Crippen LogP contribution is -2.69. The van der Waals surface area contributed by atoms with Crippen LogP contribution < -0.4 is 5.32 Å². The molecule has 3 rings (SSSR count). The Morgan fingerprint density at radius 2 is 2.13 bits per heavy atom. The fourth-order valence-corrected chi connectivity index (χ4v) is 4.48. The Morgan fingerprint density at radius 1 is 1.39 bits per heavy atom. The number of aliphatic carboxylic acids is 1. The predicted octanol–water partition coefficient (Wildman–Crippen LogP) is 0.574. The number of amides is 2. The molecule has 2 atom stereocenters. The molecule has 1 saturated heterocycles. The van der Waals surface area contributed by atoms with Crippen LogP contribution in [0.3, 0.4) is 0 Å². The number of esters is 1. The number of rotatable bonds is 7. The highest BCUT2D eigenvalue weighted by atomic mass is 32.2. The van der Waals surface area contributed by atoms with E-state index in [1.54, 1.807) is 26.2 Å². The van der Waals surface area contributed by atoms with Crippen LogP contribution in [0.4, 0.5) is 0 Å². The van der Waals surface area contributed by atoms with Crippen LogP contribution in [0.25, 0.3) is 0 Å². The van der Waals surface area contributed by atoms with Crippen molar-refractivity contribution < 1.29 is 33.9 Å². The molecule has 0 bridgehead atoms. The van der Waals surface area contributed by atoms with Gasteiger partial charge in [0.05, 0.1) is 11.1 Å². The Labute approximate surface area is 185 Å². The smallest absolute Gasteiger partial charge is 0.347 e. The van der Waals surface area contributed by atoms with Crippen molar-refractivity contribution in [2.24, 2.45) is 5.16 Å². The second-order valence-corrected chi connectivity index (χ2v) is 9.35. The number of carboxylic acid groups (broad SMARTS) is 1. The molecule has 1 aromatic rings. The summed E-state index contributed by atoms with van der Waals surface area (Å²) in [5.41, 5.74) is 0.942. The molecule has 3 heterocycles. The van der Waals surface area contributed by atoms with Crippen molar-refractivity contribution in [3.63, 3.8) is 0 Å². The van der Waals surface area contributed by atoms with Gasteiger partial charge in [0.15, 0.2) is 5.71 Å². The number of hydrogen-bond donors (Lipinski definition) is 2. The van der Waals surface area contributed by atoms with Crippen LogP contribution in [0.1, 0.15) is 26.5 Å². The summed E-state index contributed by atoms with van der Waals surface area (Å²) < 4.78 is 5.11. The molecule has 2 aliphatic rings. The van der Waals surface area contributed by atoms with Crippen molar-refractivity contribution in [2.45, 2.75) is 37.8 Å². The molecule has 2 aliphatic heterocycles. The maximum atomic E-state index is 12.8. The lowest BCUT2D eigenvalue weighted by atomic mass is 10.1. The first kappa shape index (κ1) is 22.7. The molecule has 1 unspecified atom stereocenters. The summed E-state index contributed by atoms with van der Waals surface area (Å²) in [5, 5.41) is 16.5. The van der Waals surface area contributed by atoms with Crippen molar-refractivity contribution in [2.75, 3.05) is 12.4 Å². The Bertz CT molecular complexity index is 953. The predicted molar refractivity (Wildman–Crippen MR) is 111 cm³/mol. The van der Waals surface area contributed by atoms with Gasteiger partial charge in [0, 0.05) is 17.3 Å². The number of ether oxygens (including phenoxy) is 1. The van der Waals surface area contributed by atoms with E-state index >= 15 is 0 Å². The van der Waals surface area contributed by atoms with E-state index in [0.29, 0.717) is 0 Å². The molecule has 11 nitrogen and oxygen atoms in total. The first-order chi connectivity index (χ1) is 14.6. The van der Waals surface area contributed by atoms with Crippen molar-refractivity contribution in [3.8, 4) is 0 Å². The van der Waals surface area contributed by atoms with Gasteiger partial charge in [0.25, 0.3) is 11.8 Å². The van der Waals surface area contributed by atoms with Gasteiger partial charge in [-0.3, -0.25) is 9.59 Å². The van der Waals surface area contributed by atoms with Gasteiger partial charge in [-0.1, -0.05) is 5.16 Å². The standard InChI is InChI=1S/C18H20N4O7S2/c1-18(2,3)29-11(23)5-28-21-12(10-7-30-8-19-10)14(24)20-13-15(25)22-4-9(17(26)27)6-31-16(13)22/h4,7-8,13,16H,5-6H2,1-3H3,(H,20,24)(H,26,27)/t13?,16-/m1/s1. The van der Waals surface area contributed by atoms with Gasteiger partial charge in [0.1, 0.15) is 22.7 Å². The molecule has 1 aromatic heterocycles. The van der Waals surface area contributed by atoms with E-state index in [4.69, 9.17) is 14.7 Å². The van der Waals surface area contributed by atoms with Crippen LogP contribution >= 0.6 is 23.1 Å². The summed E-state index contributed by atoms with van der Waals surface area (Å²) in [4.78, 5) is 58.3. The van der Waals surface area contributed by atoms with E-state index in [1.165, 1.54) is 39.7 Å². The maximum absolute atomic E-state index is 12.8. The molecule has 0 saturated carbocycles. The van der Waals surface area contributed by atoms with E-state index in [0.717, 1.165) is 0 Å². The third-order valence-electron chi connectivity index (χ3n) is 3.99. The van der Waals surface area contributed by atoms with Gasteiger partial charge in [-0.05, 0) is 20.8 Å². The average molecular weight is 469 g/mol. The van der Waals surface area contributed by atoms with Gasteiger partial charge in [-0.15, -0.1) is 23.1 Å². The number of carbonyl (C=O) groups is 4. The Kier molecular flexibility index (Phi) is 6.65. The number of aromatic nitrogens is 1. The lowest BCUT2D eigenvalue weighted by molar-refractivity contribution is -0.160. The first-order valence-electron chi connectivity index (χ1n) is 9.06. The van der Waals surface area contributed by atoms with Crippen molar-refractivity contribution in [1.29, 1.82) is 0 Å². The van der Waals surface area contributed by atoms with Gasteiger partial charge >= 0.3 is 11.9 Å². The molecular formula is C18H20N4O7S2. The van der Waals surface area contributed by atoms with Crippen LogP contribution in [0.2, 0.25) is 0 Å². The van der Waals surface area contributed by atoms with Crippen LogP contribution in [0, 0.1) is 0 Å². The van der Waals surface area contributed by atoms with E-state index in [-0.39, 0.29) is 22.7 Å². The number of carboxylic acids is 1. The van der Waals surface area contributed by atoms with Gasteiger partial charge in [-0.2, -0.15) is 0 Å². The number of oxime groups is 1. The number of hydrogen-bond acceptors (Lipinski definition) is 10. The van der Waals surface area contributed by atoms with Crippen molar-refractivity contribution in [3.05, 3.63) is 28.4 Å². The third-order valence-corrected chi connectivity index (χ3v) is 5.90. The largest absolute Gasteiger partial charge is 0.478 e. The SMILES string of the molecule is CC(C)(C)OC(=O)CON=C(C(=O)NC1C(=O)N2C=C(C(=O)O)CS[C@H]12)c1cscn1. The molecule has 31 heavy (non-hydrogen) atoms. The highest BCUT2D eigenvalue weighted by molar-refractivity contribution is 8.00. The quantitative estimate of drug-likeness (QED) is 0.254. The third kappa shape index (κ3) is 5.41. The number of thiazole rings is 1. The topological polar surface area (TPSA) is 147 Å². The highest BCUT2D eigenvalue weighted by Crippen LogP contribution is 2.36. The maximum Gasteiger partial charge on any atom is 0.347 e. The molecule has 0 aliphatic carbocycles. The number of nitrogens with one attached hydrogen (secondary N) is 1. The molecule has 0 radical (unpaired) electrons. The molecule has 2 amide bonds. The van der Waals surface area contributed by atoms with Crippen molar-refractivity contribution >= 4 is 52.6 Å². The Balaban J connectivity index is 1.66. The minimum Gasteiger partial charge on any atom is -0.478 e. The van der Waals surface area contributed by atoms with Gasteiger partial charge in [0.2, 0.25) is 6.61 Å². The molecule has 1 fully saturated rings. The zero-order chi connectivity index (χ0) is 22.8. The van der Waals surface area contributed by atoms with E-state index in [2.05, 4.69) is 15.5 Å². The highest BCUT2D eigenvalue weighted by Gasteiger charge is 2.50. The van der Waals surface area contributed by atoms with Crippen LogP contribution in [0.15, 0.2) is 27.8 Å². The minimum atomic E-state index is -1.09. The summed E-state index contributed by atoms with van der Waals surface area (Å²) in [6, 6.07) is -0.848. The summed E-state index contributed by atoms with van der Waals surface area (Å²) >= 11 is 2.47. The number of nitrogens with zero attached hydrogens (tertiary/aromatic N) is 3. The van der Waals surface area contributed by atoms with E-state index < -0.39 is 47.4 Å². The summed E-state index contributed by atoms with van der Waals surface area (Å²) in [6.45, 7) is 4.62. The zero-order valence-corrected chi connectivity index (χ0v) is 18.5. The monoisotopic (exact) mass is 468 g/mol. The number of fused-ring (bicyclic) bond motifs is 1. The number of β-lactam (4-membered cyclic amide) rings is 1. The Morgan fingerprint density at radius 3 is 2.74 bits per heavy atom.